The molecule has 0 spiro atoms. The van der Waals surface area contributed by atoms with Crippen LogP contribution in [-0.2, 0) is 11.3 Å². The van der Waals surface area contributed by atoms with Crippen molar-refractivity contribution in [1.29, 1.82) is 0 Å². The van der Waals surface area contributed by atoms with Crippen LogP contribution >= 0.6 is 0 Å². The number of benzene rings is 1. The quantitative estimate of drug-likeness (QED) is 0.816. The minimum Gasteiger partial charge on any atom is -0.496 e. The average molecular weight is 266 g/mol. The minimum atomic E-state index is -0.200. The van der Waals surface area contributed by atoms with Crippen LogP contribution in [0.15, 0.2) is 12.1 Å². The second-order valence-corrected chi connectivity index (χ2v) is 4.54. The molecule has 1 amide bonds. The molecule has 5 heteroatoms. The van der Waals surface area contributed by atoms with Gasteiger partial charge in [-0.3, -0.25) is 4.79 Å². The molecule has 1 aromatic carbocycles. The Morgan fingerprint density at radius 3 is 2.37 bits per heavy atom. The number of carbonyl (C=O) groups is 1. The molecule has 3 N–H and O–H groups in total. The Kier molecular flexibility index (Phi) is 5.63. The topological polar surface area (TPSA) is 73.6 Å². The Morgan fingerprint density at radius 2 is 1.89 bits per heavy atom. The molecule has 0 saturated carbocycles. The number of nitrogens with one attached hydrogen (secondary N) is 1. The Labute approximate surface area is 114 Å². The highest BCUT2D eigenvalue weighted by atomic mass is 16.5. The number of hydrogen-bond donors (Lipinski definition) is 2. The lowest BCUT2D eigenvalue weighted by molar-refractivity contribution is -0.119. The lowest BCUT2D eigenvalue weighted by Crippen LogP contribution is -2.29. The average Bonchev–Trinajstić information content (AvgIpc) is 2.43. The van der Waals surface area contributed by atoms with Gasteiger partial charge in [0.15, 0.2) is 0 Å². The molecule has 0 aromatic heterocycles. The van der Waals surface area contributed by atoms with Gasteiger partial charge in [0, 0.05) is 17.7 Å². The second-order valence-electron chi connectivity index (χ2n) is 4.54. The minimum absolute atomic E-state index is 0.0243. The van der Waals surface area contributed by atoms with Crippen LogP contribution in [0.2, 0.25) is 0 Å². The lowest BCUT2D eigenvalue weighted by Gasteiger charge is -2.17. The molecule has 1 aromatic rings. The zero-order chi connectivity index (χ0) is 14.4. The number of amides is 1. The van der Waals surface area contributed by atoms with Crippen LogP contribution in [0.5, 0.6) is 11.5 Å². The smallest absolute Gasteiger partial charge is 0.234 e. The van der Waals surface area contributed by atoms with Gasteiger partial charge >= 0.3 is 0 Å². The molecule has 0 bridgehead atoms. The van der Waals surface area contributed by atoms with E-state index in [4.69, 9.17) is 15.2 Å². The summed E-state index contributed by atoms with van der Waals surface area (Å²) in [5.74, 6) is 1.67. The van der Waals surface area contributed by atoms with Crippen LogP contribution in [0.3, 0.4) is 0 Å². The molecule has 0 radical (unpaired) electrons. The largest absolute Gasteiger partial charge is 0.496 e. The van der Waals surface area contributed by atoms with E-state index in [1.54, 1.807) is 14.2 Å². The predicted octanol–water partition coefficient (Wildman–Crippen LogP) is 1.40. The summed E-state index contributed by atoms with van der Waals surface area (Å²) in [5.41, 5.74) is 7.20. The molecule has 0 aliphatic rings. The lowest BCUT2D eigenvalue weighted by atomic mass is 9.99. The van der Waals surface area contributed by atoms with Crippen molar-refractivity contribution in [2.24, 2.45) is 5.73 Å². The van der Waals surface area contributed by atoms with E-state index >= 15 is 0 Å². The molecule has 0 unspecified atom stereocenters. The number of hydrogen-bond acceptors (Lipinski definition) is 4. The van der Waals surface area contributed by atoms with E-state index in [2.05, 4.69) is 19.2 Å². The summed E-state index contributed by atoms with van der Waals surface area (Å²) in [5, 5.41) is 2.72. The second kappa shape index (κ2) is 6.99. The van der Waals surface area contributed by atoms with Crippen LogP contribution in [0.1, 0.15) is 30.9 Å². The fourth-order valence-electron chi connectivity index (χ4n) is 1.84. The third-order valence-corrected chi connectivity index (χ3v) is 2.92. The van der Waals surface area contributed by atoms with Crippen molar-refractivity contribution in [2.45, 2.75) is 26.3 Å². The first-order valence-corrected chi connectivity index (χ1v) is 6.25. The van der Waals surface area contributed by atoms with Gasteiger partial charge in [0.05, 0.1) is 20.8 Å². The first kappa shape index (κ1) is 15.3. The maximum atomic E-state index is 11.2. The summed E-state index contributed by atoms with van der Waals surface area (Å²) < 4.78 is 10.8. The maximum Gasteiger partial charge on any atom is 0.234 e. The number of ether oxygens (including phenoxy) is 2. The van der Waals surface area contributed by atoms with Crippen LogP contribution in [0.25, 0.3) is 0 Å². The van der Waals surface area contributed by atoms with Crippen molar-refractivity contribution >= 4 is 5.91 Å². The van der Waals surface area contributed by atoms with E-state index in [0.29, 0.717) is 12.5 Å². The highest BCUT2D eigenvalue weighted by Crippen LogP contribution is 2.33. The molecule has 0 atom stereocenters. The summed E-state index contributed by atoms with van der Waals surface area (Å²) in [6, 6.07) is 3.85. The van der Waals surface area contributed by atoms with Crippen molar-refractivity contribution in [2.75, 3.05) is 20.8 Å². The molecular weight excluding hydrogens is 244 g/mol. The maximum absolute atomic E-state index is 11.2. The van der Waals surface area contributed by atoms with Gasteiger partial charge in [-0.15, -0.1) is 0 Å². The van der Waals surface area contributed by atoms with Gasteiger partial charge in [-0.25, -0.2) is 0 Å². The highest BCUT2D eigenvalue weighted by molar-refractivity contribution is 5.77. The standard InChI is InChI=1S/C14H22N2O3/c1-9(2)11-6-12(18-3)10(5-13(11)19-4)8-16-14(17)7-15/h5-6,9H,7-8,15H2,1-4H3,(H,16,17). The number of nitrogens with two attached hydrogens (primary N) is 1. The number of methoxy groups -OCH3 is 2. The third kappa shape index (κ3) is 3.86. The molecule has 1 rings (SSSR count). The van der Waals surface area contributed by atoms with Crippen LogP contribution in [-0.4, -0.2) is 26.7 Å². The first-order chi connectivity index (χ1) is 9.03. The third-order valence-electron chi connectivity index (χ3n) is 2.92. The molecule has 0 heterocycles. The SMILES string of the molecule is COc1cc(C(C)C)c(OC)cc1CNC(=O)CN. The van der Waals surface area contributed by atoms with Gasteiger partial charge in [-0.05, 0) is 18.1 Å². The fourth-order valence-corrected chi connectivity index (χ4v) is 1.84. The Hall–Kier alpha value is -1.75. The molecular formula is C14H22N2O3. The summed E-state index contributed by atoms with van der Waals surface area (Å²) >= 11 is 0. The summed E-state index contributed by atoms with van der Waals surface area (Å²) in [6.07, 6.45) is 0. The van der Waals surface area contributed by atoms with Crippen LogP contribution < -0.4 is 20.5 Å². The van der Waals surface area contributed by atoms with Crippen LogP contribution in [0.4, 0.5) is 0 Å². The predicted molar refractivity (Wildman–Crippen MR) is 74.5 cm³/mol. The van der Waals surface area contributed by atoms with Crippen molar-refractivity contribution in [3.05, 3.63) is 23.3 Å². The van der Waals surface area contributed by atoms with Crippen LogP contribution in [0, 0.1) is 0 Å². The molecule has 0 fully saturated rings. The molecule has 5 nitrogen and oxygen atoms in total. The van der Waals surface area contributed by atoms with Crippen molar-refractivity contribution in [1.82, 2.24) is 5.32 Å². The normalized spacial score (nSPS) is 10.4. The van der Waals surface area contributed by atoms with Gasteiger partial charge < -0.3 is 20.5 Å². The van der Waals surface area contributed by atoms with Gasteiger partial charge in [0.2, 0.25) is 5.91 Å². The van der Waals surface area contributed by atoms with Crippen molar-refractivity contribution in [3.8, 4) is 11.5 Å². The zero-order valence-corrected chi connectivity index (χ0v) is 11.9. The van der Waals surface area contributed by atoms with E-state index in [0.717, 1.165) is 22.6 Å². The molecule has 0 aliphatic heterocycles. The fraction of sp³-hybridized carbons (Fsp3) is 0.500. The molecule has 0 saturated heterocycles. The summed E-state index contributed by atoms with van der Waals surface area (Å²) in [4.78, 5) is 11.2. The van der Waals surface area contributed by atoms with Gasteiger partial charge in [-0.2, -0.15) is 0 Å². The van der Waals surface area contributed by atoms with Gasteiger partial charge in [0.25, 0.3) is 0 Å². The number of carbonyl (C=O) groups excluding carboxylic acids is 1. The highest BCUT2D eigenvalue weighted by Gasteiger charge is 2.14. The van der Waals surface area contributed by atoms with Gasteiger partial charge in [0.1, 0.15) is 11.5 Å². The number of rotatable bonds is 6. The van der Waals surface area contributed by atoms with E-state index in [-0.39, 0.29) is 12.5 Å². The Morgan fingerprint density at radius 1 is 1.26 bits per heavy atom. The molecule has 0 aliphatic carbocycles. The van der Waals surface area contributed by atoms with Crippen molar-refractivity contribution < 1.29 is 14.3 Å². The first-order valence-electron chi connectivity index (χ1n) is 6.25. The molecule has 19 heavy (non-hydrogen) atoms. The van der Waals surface area contributed by atoms with E-state index in [1.165, 1.54) is 0 Å². The summed E-state index contributed by atoms with van der Waals surface area (Å²) in [7, 11) is 3.25. The van der Waals surface area contributed by atoms with E-state index < -0.39 is 0 Å². The van der Waals surface area contributed by atoms with E-state index in [9.17, 15) is 4.79 Å². The Balaban J connectivity index is 3.06. The Bertz CT molecular complexity index is 445. The molecule has 106 valence electrons. The van der Waals surface area contributed by atoms with Gasteiger partial charge in [-0.1, -0.05) is 13.8 Å². The summed E-state index contributed by atoms with van der Waals surface area (Å²) in [6.45, 7) is 4.53. The van der Waals surface area contributed by atoms with E-state index in [1.807, 2.05) is 12.1 Å². The zero-order valence-electron chi connectivity index (χ0n) is 11.9. The van der Waals surface area contributed by atoms with Crippen molar-refractivity contribution in [3.63, 3.8) is 0 Å². The monoisotopic (exact) mass is 266 g/mol.